The number of aromatic nitrogens is 2. The van der Waals surface area contributed by atoms with E-state index < -0.39 is 0 Å². The quantitative estimate of drug-likeness (QED) is 0.791. The van der Waals surface area contributed by atoms with E-state index in [-0.39, 0.29) is 0 Å². The first-order valence-electron chi connectivity index (χ1n) is 6.61. The Hall–Kier alpha value is -1.81. The summed E-state index contributed by atoms with van der Waals surface area (Å²) in [5, 5.41) is 0. The van der Waals surface area contributed by atoms with E-state index in [9.17, 15) is 0 Å². The molecule has 3 aromatic rings. The standard InChI is InChI=1S/C16H16BrN3/c1-11-4-2-3-5-12(11)8-9-20-15-7-6-13(17)10-14(15)19-16(20)18/h2-7,10H,8-9H2,1H3,(H2,18,19). The van der Waals surface area contributed by atoms with Crippen LogP contribution in [0.3, 0.4) is 0 Å². The molecule has 0 radical (unpaired) electrons. The number of imidazole rings is 1. The van der Waals surface area contributed by atoms with Gasteiger partial charge in [0, 0.05) is 11.0 Å². The molecule has 0 aliphatic carbocycles. The molecule has 0 saturated heterocycles. The van der Waals surface area contributed by atoms with Gasteiger partial charge in [-0.2, -0.15) is 0 Å². The highest BCUT2D eigenvalue weighted by atomic mass is 79.9. The van der Waals surface area contributed by atoms with Crippen LogP contribution in [-0.4, -0.2) is 9.55 Å². The number of aryl methyl sites for hydroxylation is 3. The molecule has 3 rings (SSSR count). The SMILES string of the molecule is Cc1ccccc1CCn1c(N)nc2cc(Br)ccc21. The van der Waals surface area contributed by atoms with Crippen molar-refractivity contribution in [2.45, 2.75) is 19.9 Å². The summed E-state index contributed by atoms with van der Waals surface area (Å²) in [5.41, 5.74) is 10.7. The van der Waals surface area contributed by atoms with Crippen molar-refractivity contribution in [3.63, 3.8) is 0 Å². The fourth-order valence-electron chi connectivity index (χ4n) is 2.48. The third-order valence-corrected chi connectivity index (χ3v) is 4.10. The highest BCUT2D eigenvalue weighted by Crippen LogP contribution is 2.22. The average molecular weight is 330 g/mol. The van der Waals surface area contributed by atoms with Crippen LogP contribution in [0.5, 0.6) is 0 Å². The van der Waals surface area contributed by atoms with Crippen LogP contribution < -0.4 is 5.73 Å². The van der Waals surface area contributed by atoms with Gasteiger partial charge in [0.05, 0.1) is 11.0 Å². The van der Waals surface area contributed by atoms with Crippen LogP contribution in [0.4, 0.5) is 5.95 Å². The van der Waals surface area contributed by atoms with Crippen LogP contribution in [0.1, 0.15) is 11.1 Å². The Morgan fingerprint density at radius 1 is 1.20 bits per heavy atom. The number of hydrogen-bond acceptors (Lipinski definition) is 2. The maximum absolute atomic E-state index is 6.04. The summed E-state index contributed by atoms with van der Waals surface area (Å²) in [6, 6.07) is 14.5. The van der Waals surface area contributed by atoms with E-state index in [1.165, 1.54) is 11.1 Å². The molecule has 0 fully saturated rings. The molecular weight excluding hydrogens is 314 g/mol. The summed E-state index contributed by atoms with van der Waals surface area (Å²) < 4.78 is 3.10. The Morgan fingerprint density at radius 3 is 2.80 bits per heavy atom. The van der Waals surface area contributed by atoms with Crippen LogP contribution in [0, 0.1) is 6.92 Å². The summed E-state index contributed by atoms with van der Waals surface area (Å²) in [7, 11) is 0. The van der Waals surface area contributed by atoms with E-state index in [0.717, 1.165) is 28.5 Å². The molecule has 4 heteroatoms. The zero-order chi connectivity index (χ0) is 14.1. The van der Waals surface area contributed by atoms with Crippen LogP contribution in [0.2, 0.25) is 0 Å². The Morgan fingerprint density at radius 2 is 2.00 bits per heavy atom. The Kier molecular flexibility index (Phi) is 3.49. The summed E-state index contributed by atoms with van der Waals surface area (Å²) in [6.07, 6.45) is 0.957. The predicted molar refractivity (Wildman–Crippen MR) is 86.7 cm³/mol. The second-order valence-corrected chi connectivity index (χ2v) is 5.85. The molecule has 0 saturated carbocycles. The van der Waals surface area contributed by atoms with E-state index in [0.29, 0.717) is 5.95 Å². The van der Waals surface area contributed by atoms with Gasteiger partial charge in [0.25, 0.3) is 0 Å². The molecular formula is C16H16BrN3. The van der Waals surface area contributed by atoms with Gasteiger partial charge in [-0.1, -0.05) is 40.2 Å². The van der Waals surface area contributed by atoms with E-state index in [1.807, 2.05) is 12.1 Å². The number of fused-ring (bicyclic) bond motifs is 1. The topological polar surface area (TPSA) is 43.8 Å². The molecule has 20 heavy (non-hydrogen) atoms. The first-order valence-corrected chi connectivity index (χ1v) is 7.40. The molecule has 0 spiro atoms. The van der Waals surface area contributed by atoms with Crippen molar-refractivity contribution < 1.29 is 0 Å². The van der Waals surface area contributed by atoms with Gasteiger partial charge < -0.3 is 10.3 Å². The van der Waals surface area contributed by atoms with Crippen molar-refractivity contribution in [1.29, 1.82) is 0 Å². The molecule has 0 atom stereocenters. The fraction of sp³-hybridized carbons (Fsp3) is 0.188. The number of rotatable bonds is 3. The van der Waals surface area contributed by atoms with Crippen molar-refractivity contribution in [3.8, 4) is 0 Å². The number of benzene rings is 2. The third-order valence-electron chi connectivity index (χ3n) is 3.61. The second kappa shape index (κ2) is 5.29. The first-order chi connectivity index (χ1) is 9.65. The minimum Gasteiger partial charge on any atom is -0.369 e. The van der Waals surface area contributed by atoms with Crippen molar-refractivity contribution in [2.75, 3.05) is 5.73 Å². The van der Waals surface area contributed by atoms with Gasteiger partial charge in [-0.3, -0.25) is 0 Å². The third kappa shape index (κ3) is 2.43. The van der Waals surface area contributed by atoms with Crippen LogP contribution in [0.25, 0.3) is 11.0 Å². The molecule has 1 heterocycles. The molecule has 0 aliphatic rings. The zero-order valence-corrected chi connectivity index (χ0v) is 12.9. The van der Waals surface area contributed by atoms with Gasteiger partial charge in [-0.05, 0) is 42.7 Å². The molecule has 1 aromatic heterocycles. The number of hydrogen-bond donors (Lipinski definition) is 1. The average Bonchev–Trinajstić information content (AvgIpc) is 2.73. The van der Waals surface area contributed by atoms with E-state index in [2.05, 4.69) is 62.7 Å². The highest BCUT2D eigenvalue weighted by Gasteiger charge is 2.08. The minimum atomic E-state index is 0.576. The van der Waals surface area contributed by atoms with Gasteiger partial charge in [0.2, 0.25) is 5.95 Å². The molecule has 0 aliphatic heterocycles. The van der Waals surface area contributed by atoms with E-state index in [4.69, 9.17) is 5.73 Å². The molecule has 3 nitrogen and oxygen atoms in total. The van der Waals surface area contributed by atoms with Gasteiger partial charge in [0.15, 0.2) is 0 Å². The number of nitrogen functional groups attached to an aromatic ring is 1. The summed E-state index contributed by atoms with van der Waals surface area (Å²) in [5.74, 6) is 0.576. The lowest BCUT2D eigenvalue weighted by Gasteiger charge is -2.08. The lowest BCUT2D eigenvalue weighted by molar-refractivity contribution is 0.723. The van der Waals surface area contributed by atoms with Crippen molar-refractivity contribution >= 4 is 32.9 Å². The Bertz CT molecular complexity index is 762. The molecule has 2 aromatic carbocycles. The van der Waals surface area contributed by atoms with E-state index >= 15 is 0 Å². The monoisotopic (exact) mass is 329 g/mol. The largest absolute Gasteiger partial charge is 0.369 e. The first kappa shape index (κ1) is 13.2. The number of anilines is 1. The minimum absolute atomic E-state index is 0.576. The predicted octanol–water partition coefficient (Wildman–Crippen LogP) is 3.93. The van der Waals surface area contributed by atoms with Crippen LogP contribution in [-0.2, 0) is 13.0 Å². The summed E-state index contributed by atoms with van der Waals surface area (Å²) >= 11 is 3.46. The second-order valence-electron chi connectivity index (χ2n) is 4.93. The molecule has 2 N–H and O–H groups in total. The smallest absolute Gasteiger partial charge is 0.201 e. The lowest BCUT2D eigenvalue weighted by Crippen LogP contribution is -2.06. The summed E-state index contributed by atoms with van der Waals surface area (Å²) in [6.45, 7) is 2.98. The highest BCUT2D eigenvalue weighted by molar-refractivity contribution is 9.10. The van der Waals surface area contributed by atoms with Gasteiger partial charge >= 0.3 is 0 Å². The fourth-order valence-corrected chi connectivity index (χ4v) is 2.83. The van der Waals surface area contributed by atoms with Crippen molar-refractivity contribution in [3.05, 3.63) is 58.1 Å². The molecule has 0 amide bonds. The van der Waals surface area contributed by atoms with Gasteiger partial charge in [-0.25, -0.2) is 4.98 Å². The van der Waals surface area contributed by atoms with E-state index in [1.54, 1.807) is 0 Å². The molecule has 0 bridgehead atoms. The normalized spacial score (nSPS) is 11.1. The zero-order valence-electron chi connectivity index (χ0n) is 11.3. The lowest BCUT2D eigenvalue weighted by atomic mass is 10.1. The Labute approximate surface area is 126 Å². The van der Waals surface area contributed by atoms with Gasteiger partial charge in [-0.15, -0.1) is 0 Å². The maximum atomic E-state index is 6.04. The van der Waals surface area contributed by atoms with Crippen molar-refractivity contribution in [1.82, 2.24) is 9.55 Å². The number of nitrogens with zero attached hydrogens (tertiary/aromatic N) is 2. The van der Waals surface area contributed by atoms with Crippen LogP contribution in [0.15, 0.2) is 46.9 Å². The van der Waals surface area contributed by atoms with Crippen LogP contribution >= 0.6 is 15.9 Å². The maximum Gasteiger partial charge on any atom is 0.201 e. The summed E-state index contributed by atoms with van der Waals surface area (Å²) in [4.78, 5) is 4.42. The Balaban J connectivity index is 1.91. The number of nitrogens with two attached hydrogens (primary N) is 1. The molecule has 102 valence electrons. The van der Waals surface area contributed by atoms with Gasteiger partial charge in [0.1, 0.15) is 0 Å². The molecule has 0 unspecified atom stereocenters. The van der Waals surface area contributed by atoms with Crippen molar-refractivity contribution in [2.24, 2.45) is 0 Å². The number of halogens is 1.